The van der Waals surface area contributed by atoms with E-state index in [4.69, 9.17) is 23.7 Å². The topological polar surface area (TPSA) is 66.4 Å². The molecule has 1 aliphatic rings. The summed E-state index contributed by atoms with van der Waals surface area (Å²) in [6, 6.07) is 48.9. The summed E-state index contributed by atoms with van der Waals surface area (Å²) in [5, 5.41) is 10.7. The molecule has 0 bridgehead atoms. The molecule has 0 spiro atoms. The van der Waals surface area contributed by atoms with Crippen molar-refractivity contribution in [3.8, 4) is 28.7 Å². The lowest BCUT2D eigenvalue weighted by atomic mass is 10.0. The van der Waals surface area contributed by atoms with E-state index < -0.39 is 6.10 Å². The van der Waals surface area contributed by atoms with Gasteiger partial charge in [0.2, 0.25) is 0 Å². The van der Waals surface area contributed by atoms with Gasteiger partial charge in [-0.05, 0) is 40.5 Å². The van der Waals surface area contributed by atoms with Gasteiger partial charge < -0.3 is 28.8 Å². The summed E-state index contributed by atoms with van der Waals surface area (Å²) in [6.45, 7) is 1.41. The van der Waals surface area contributed by atoms with Crippen LogP contribution in [0.15, 0.2) is 157 Å². The first-order chi connectivity index (χ1) is 24.2. The highest BCUT2D eigenvalue weighted by Crippen LogP contribution is 2.46. The highest BCUT2D eigenvalue weighted by molar-refractivity contribution is 5.70. The van der Waals surface area contributed by atoms with E-state index in [1.807, 2.05) is 146 Å². The molecule has 0 saturated carbocycles. The number of rotatable bonds is 13. The smallest absolute Gasteiger partial charge is 0.181 e. The minimum atomic E-state index is -0.637. The number of hydrogen-bond donors (Lipinski definition) is 1. The average molecular weight is 649 g/mol. The van der Waals surface area contributed by atoms with Crippen molar-refractivity contribution in [2.75, 3.05) is 0 Å². The van der Waals surface area contributed by atoms with Gasteiger partial charge in [-0.2, -0.15) is 0 Å². The lowest BCUT2D eigenvalue weighted by Gasteiger charge is -2.29. The van der Waals surface area contributed by atoms with Crippen LogP contribution in [0.3, 0.4) is 0 Å². The minimum Gasteiger partial charge on any atom is -0.504 e. The predicted molar refractivity (Wildman–Crippen MR) is 189 cm³/mol. The molecule has 6 nitrogen and oxygen atoms in total. The number of aromatic hydroxyl groups is 1. The van der Waals surface area contributed by atoms with Crippen LogP contribution in [0.4, 0.5) is 0 Å². The van der Waals surface area contributed by atoms with E-state index in [2.05, 4.69) is 0 Å². The number of fused-ring (bicyclic) bond motifs is 1. The zero-order valence-electron chi connectivity index (χ0n) is 26.9. The van der Waals surface area contributed by atoms with Crippen LogP contribution in [0.5, 0.6) is 28.7 Å². The van der Waals surface area contributed by atoms with Crippen LogP contribution < -0.4 is 18.9 Å². The SMILES string of the molecule is Oc1ccc(C2Oc3cc(OCc4ccccc4)cc(OCc4ccccc4)c3C=C2OCc2ccccc2)cc1OCc1ccccc1. The van der Waals surface area contributed by atoms with Crippen molar-refractivity contribution >= 4 is 6.08 Å². The Bertz CT molecular complexity index is 1990. The van der Waals surface area contributed by atoms with Crippen LogP contribution in [0.2, 0.25) is 0 Å². The highest BCUT2D eigenvalue weighted by Gasteiger charge is 2.30. The summed E-state index contributed by atoms with van der Waals surface area (Å²) in [7, 11) is 0. The van der Waals surface area contributed by atoms with Crippen LogP contribution in [0.25, 0.3) is 6.08 Å². The number of benzene rings is 6. The van der Waals surface area contributed by atoms with Crippen LogP contribution in [0, 0.1) is 0 Å². The van der Waals surface area contributed by atoms with E-state index >= 15 is 0 Å². The molecule has 49 heavy (non-hydrogen) atoms. The van der Waals surface area contributed by atoms with Crippen LogP contribution in [-0.4, -0.2) is 5.11 Å². The van der Waals surface area contributed by atoms with Crippen molar-refractivity contribution in [2.24, 2.45) is 0 Å². The van der Waals surface area contributed by atoms with E-state index in [9.17, 15) is 5.11 Å². The summed E-state index contributed by atoms with van der Waals surface area (Å²) in [6.07, 6.45) is 1.34. The standard InChI is InChI=1S/C43H36O6/c44-38-22-21-35(23-41(38)47-29-33-17-9-3-10-18-33)43-42(48-30-34-19-11-4-12-20-34)26-37-39(46-28-32-15-7-2-8-16-32)24-36(25-40(37)49-43)45-27-31-13-5-1-6-14-31/h1-26,43-44H,27-30H2. The molecular formula is C43H36O6. The molecule has 1 N–H and O–H groups in total. The fraction of sp³-hybridized carbons (Fsp3) is 0.116. The van der Waals surface area contributed by atoms with Gasteiger partial charge in [0.05, 0.1) is 5.56 Å². The molecule has 6 heteroatoms. The molecule has 0 fully saturated rings. The van der Waals surface area contributed by atoms with Gasteiger partial charge in [0.15, 0.2) is 17.6 Å². The van der Waals surface area contributed by atoms with Crippen LogP contribution in [-0.2, 0) is 31.2 Å². The molecule has 1 unspecified atom stereocenters. The summed E-state index contributed by atoms with van der Waals surface area (Å²) in [5.41, 5.74) is 5.62. The van der Waals surface area contributed by atoms with Gasteiger partial charge in [-0.1, -0.05) is 127 Å². The van der Waals surface area contributed by atoms with Gasteiger partial charge in [0.1, 0.15) is 49.4 Å². The van der Waals surface area contributed by atoms with Crippen LogP contribution >= 0.6 is 0 Å². The van der Waals surface area contributed by atoms with E-state index in [0.717, 1.165) is 33.4 Å². The third kappa shape index (κ3) is 8.06. The third-order valence-corrected chi connectivity index (χ3v) is 8.13. The molecule has 6 aromatic carbocycles. The van der Waals surface area contributed by atoms with Crippen molar-refractivity contribution in [3.63, 3.8) is 0 Å². The Hall–Kier alpha value is -6.14. The van der Waals surface area contributed by atoms with Crippen molar-refractivity contribution in [1.82, 2.24) is 0 Å². The Balaban J connectivity index is 1.23. The van der Waals surface area contributed by atoms with Gasteiger partial charge in [0, 0.05) is 17.7 Å². The van der Waals surface area contributed by atoms with E-state index in [0.29, 0.717) is 55.2 Å². The van der Waals surface area contributed by atoms with E-state index in [1.165, 1.54) is 0 Å². The van der Waals surface area contributed by atoms with Gasteiger partial charge in [-0.15, -0.1) is 0 Å². The molecule has 0 saturated heterocycles. The maximum atomic E-state index is 10.7. The molecular weight excluding hydrogens is 612 g/mol. The molecule has 244 valence electrons. The Labute approximate surface area is 286 Å². The first-order valence-corrected chi connectivity index (χ1v) is 16.2. The first kappa shape index (κ1) is 31.5. The Morgan fingerprint density at radius 1 is 0.490 bits per heavy atom. The molecule has 1 heterocycles. The summed E-state index contributed by atoms with van der Waals surface area (Å²) >= 11 is 0. The summed E-state index contributed by atoms with van der Waals surface area (Å²) < 4.78 is 32.0. The Kier molecular flexibility index (Phi) is 9.74. The summed E-state index contributed by atoms with van der Waals surface area (Å²) in [4.78, 5) is 0. The quantitative estimate of drug-likeness (QED) is 0.135. The molecule has 1 aliphatic heterocycles. The molecule has 7 rings (SSSR count). The number of phenolic OH excluding ortho intramolecular Hbond substituents is 1. The largest absolute Gasteiger partial charge is 0.504 e. The zero-order chi connectivity index (χ0) is 33.3. The maximum Gasteiger partial charge on any atom is 0.181 e. The monoisotopic (exact) mass is 648 g/mol. The second kappa shape index (κ2) is 15.2. The first-order valence-electron chi connectivity index (χ1n) is 16.2. The molecule has 1 atom stereocenters. The van der Waals surface area contributed by atoms with Crippen molar-refractivity contribution in [1.29, 1.82) is 0 Å². The fourth-order valence-corrected chi connectivity index (χ4v) is 5.53. The third-order valence-electron chi connectivity index (χ3n) is 8.13. The lowest BCUT2D eigenvalue weighted by Crippen LogP contribution is -2.18. The number of hydrogen-bond acceptors (Lipinski definition) is 6. The molecule has 0 amide bonds. The Morgan fingerprint density at radius 3 is 1.53 bits per heavy atom. The van der Waals surface area contributed by atoms with Crippen molar-refractivity contribution in [2.45, 2.75) is 32.5 Å². The normalized spacial score (nSPS) is 13.4. The van der Waals surface area contributed by atoms with Gasteiger partial charge in [0.25, 0.3) is 0 Å². The van der Waals surface area contributed by atoms with Crippen molar-refractivity contribution < 1.29 is 28.8 Å². The zero-order valence-corrected chi connectivity index (χ0v) is 26.9. The van der Waals surface area contributed by atoms with E-state index in [-0.39, 0.29) is 5.75 Å². The Morgan fingerprint density at radius 2 is 0.980 bits per heavy atom. The molecule has 6 aromatic rings. The van der Waals surface area contributed by atoms with Gasteiger partial charge in [-0.3, -0.25) is 0 Å². The molecule has 0 aliphatic carbocycles. The van der Waals surface area contributed by atoms with Gasteiger partial charge in [-0.25, -0.2) is 0 Å². The van der Waals surface area contributed by atoms with E-state index in [1.54, 1.807) is 12.1 Å². The number of phenols is 1. The molecule has 0 aromatic heterocycles. The number of ether oxygens (including phenoxy) is 5. The fourth-order valence-electron chi connectivity index (χ4n) is 5.53. The average Bonchev–Trinajstić information content (AvgIpc) is 3.16. The minimum absolute atomic E-state index is 0.0415. The second-order valence-electron chi connectivity index (χ2n) is 11.7. The summed E-state index contributed by atoms with van der Waals surface area (Å²) in [5.74, 6) is 2.80. The lowest BCUT2D eigenvalue weighted by molar-refractivity contribution is 0.106. The van der Waals surface area contributed by atoms with Gasteiger partial charge >= 0.3 is 0 Å². The van der Waals surface area contributed by atoms with Crippen molar-refractivity contribution in [3.05, 3.63) is 191 Å². The van der Waals surface area contributed by atoms with Crippen LogP contribution in [0.1, 0.15) is 39.5 Å². The predicted octanol–water partition coefficient (Wildman–Crippen LogP) is 9.82. The second-order valence-corrected chi connectivity index (χ2v) is 11.7. The molecule has 0 radical (unpaired) electrons. The highest BCUT2D eigenvalue weighted by atomic mass is 16.5. The maximum absolute atomic E-state index is 10.7.